The number of hydrogen-bond acceptors (Lipinski definition) is 5. The highest BCUT2D eigenvalue weighted by atomic mass is 16.5. The standard InChI is InChI=1S/C22H28N2O5/c1-4-5-8-24-20(26)17-7-6-16(10-18(17)21(24)27)22(28)29-13-19(25)23-11-14(2)9-15(3)12-23/h6-7,10,14-15H,4-5,8-9,11-13H2,1-3H3/t14-,15-/m0/s1. The number of fused-ring (bicyclic) bond motifs is 1. The van der Waals surface area contributed by atoms with Crippen molar-refractivity contribution in [3.63, 3.8) is 0 Å². The van der Waals surface area contributed by atoms with Gasteiger partial charge < -0.3 is 9.64 Å². The molecule has 0 saturated carbocycles. The van der Waals surface area contributed by atoms with E-state index in [1.54, 1.807) is 4.90 Å². The second-order valence-corrected chi connectivity index (χ2v) is 8.20. The lowest BCUT2D eigenvalue weighted by molar-refractivity contribution is -0.137. The third kappa shape index (κ3) is 4.49. The van der Waals surface area contributed by atoms with Crippen LogP contribution in [0.4, 0.5) is 0 Å². The van der Waals surface area contributed by atoms with Crippen LogP contribution in [0.5, 0.6) is 0 Å². The molecule has 0 unspecified atom stereocenters. The van der Waals surface area contributed by atoms with Crippen LogP contribution in [0, 0.1) is 11.8 Å². The number of carbonyl (C=O) groups is 4. The fraction of sp³-hybridized carbons (Fsp3) is 0.545. The summed E-state index contributed by atoms with van der Waals surface area (Å²) in [5.74, 6) is -0.757. The summed E-state index contributed by atoms with van der Waals surface area (Å²) in [5, 5.41) is 0. The van der Waals surface area contributed by atoms with Crippen molar-refractivity contribution >= 4 is 23.7 Å². The van der Waals surface area contributed by atoms with Crippen LogP contribution < -0.4 is 0 Å². The van der Waals surface area contributed by atoms with E-state index < -0.39 is 5.97 Å². The normalized spacial score (nSPS) is 21.3. The molecule has 0 aliphatic carbocycles. The smallest absolute Gasteiger partial charge is 0.338 e. The van der Waals surface area contributed by atoms with Crippen molar-refractivity contribution in [1.29, 1.82) is 0 Å². The molecule has 1 fully saturated rings. The Bertz CT molecular complexity index is 824. The Labute approximate surface area is 171 Å². The van der Waals surface area contributed by atoms with Crippen molar-refractivity contribution in [2.45, 2.75) is 40.0 Å². The minimum absolute atomic E-state index is 0.162. The Kier molecular flexibility index (Phi) is 6.35. The Morgan fingerprint density at radius 3 is 2.38 bits per heavy atom. The zero-order chi connectivity index (χ0) is 21.1. The zero-order valence-corrected chi connectivity index (χ0v) is 17.3. The van der Waals surface area contributed by atoms with Crippen molar-refractivity contribution in [3.8, 4) is 0 Å². The predicted molar refractivity (Wildman–Crippen MR) is 107 cm³/mol. The lowest BCUT2D eigenvalue weighted by atomic mass is 9.92. The maximum Gasteiger partial charge on any atom is 0.338 e. The number of amides is 3. The van der Waals surface area contributed by atoms with Crippen molar-refractivity contribution < 1.29 is 23.9 Å². The van der Waals surface area contributed by atoms with Crippen LogP contribution in [-0.2, 0) is 9.53 Å². The van der Waals surface area contributed by atoms with E-state index in [0.29, 0.717) is 37.0 Å². The van der Waals surface area contributed by atoms with Gasteiger partial charge in [0.05, 0.1) is 16.7 Å². The highest BCUT2D eigenvalue weighted by Crippen LogP contribution is 2.25. The van der Waals surface area contributed by atoms with Crippen molar-refractivity contribution in [1.82, 2.24) is 9.80 Å². The second kappa shape index (κ2) is 8.76. The van der Waals surface area contributed by atoms with Gasteiger partial charge >= 0.3 is 5.97 Å². The maximum atomic E-state index is 12.5. The molecular weight excluding hydrogens is 372 g/mol. The van der Waals surface area contributed by atoms with E-state index in [0.717, 1.165) is 19.3 Å². The van der Waals surface area contributed by atoms with Gasteiger partial charge in [-0.1, -0.05) is 27.2 Å². The second-order valence-electron chi connectivity index (χ2n) is 8.20. The summed E-state index contributed by atoms with van der Waals surface area (Å²) >= 11 is 0. The molecule has 29 heavy (non-hydrogen) atoms. The molecule has 2 aliphatic heterocycles. The molecule has 0 spiro atoms. The van der Waals surface area contributed by atoms with Crippen LogP contribution in [0.3, 0.4) is 0 Å². The van der Waals surface area contributed by atoms with E-state index in [1.807, 2.05) is 6.92 Å². The summed E-state index contributed by atoms with van der Waals surface area (Å²) in [6, 6.07) is 4.33. The molecule has 0 aromatic heterocycles. The highest BCUT2D eigenvalue weighted by molar-refractivity contribution is 6.21. The number of likely N-dealkylation sites (tertiary alicyclic amines) is 1. The lowest BCUT2D eigenvalue weighted by Crippen LogP contribution is -2.44. The third-order valence-corrected chi connectivity index (χ3v) is 5.49. The molecule has 0 bridgehead atoms. The summed E-state index contributed by atoms with van der Waals surface area (Å²) in [7, 11) is 0. The molecule has 1 aromatic rings. The number of unbranched alkanes of at least 4 members (excludes halogenated alkanes) is 1. The summed E-state index contributed by atoms with van der Waals surface area (Å²) < 4.78 is 5.19. The number of ether oxygens (including phenoxy) is 1. The zero-order valence-electron chi connectivity index (χ0n) is 17.3. The van der Waals surface area contributed by atoms with E-state index in [1.165, 1.54) is 23.1 Å². The first-order chi connectivity index (χ1) is 13.8. The minimum atomic E-state index is -0.675. The highest BCUT2D eigenvalue weighted by Gasteiger charge is 2.35. The molecule has 1 aromatic carbocycles. The summed E-state index contributed by atoms with van der Waals surface area (Å²) in [6.07, 6.45) is 2.69. The van der Waals surface area contributed by atoms with Crippen LogP contribution >= 0.6 is 0 Å². The third-order valence-electron chi connectivity index (χ3n) is 5.49. The number of esters is 1. The molecule has 7 heteroatoms. The fourth-order valence-electron chi connectivity index (χ4n) is 4.11. The Balaban J connectivity index is 1.63. The average molecular weight is 400 g/mol. The summed E-state index contributed by atoms with van der Waals surface area (Å²) in [6.45, 7) is 7.57. The molecule has 0 N–H and O–H groups in total. The molecule has 156 valence electrons. The van der Waals surface area contributed by atoms with E-state index in [2.05, 4.69) is 13.8 Å². The quantitative estimate of drug-likeness (QED) is 0.542. The maximum absolute atomic E-state index is 12.5. The monoisotopic (exact) mass is 400 g/mol. The largest absolute Gasteiger partial charge is 0.452 e. The van der Waals surface area contributed by atoms with Gasteiger partial charge in [0.1, 0.15) is 0 Å². The van der Waals surface area contributed by atoms with E-state index in [-0.39, 0.29) is 35.5 Å². The molecule has 2 atom stereocenters. The number of rotatable bonds is 6. The predicted octanol–water partition coefficient (Wildman–Crippen LogP) is 2.74. The Morgan fingerprint density at radius 2 is 1.72 bits per heavy atom. The van der Waals surface area contributed by atoms with Crippen molar-refractivity contribution in [2.24, 2.45) is 11.8 Å². The van der Waals surface area contributed by atoms with Gasteiger partial charge in [0, 0.05) is 19.6 Å². The van der Waals surface area contributed by atoms with Crippen molar-refractivity contribution in [3.05, 3.63) is 34.9 Å². The van der Waals surface area contributed by atoms with E-state index >= 15 is 0 Å². The number of hydrogen-bond donors (Lipinski definition) is 0. The molecule has 3 rings (SSSR count). The van der Waals surface area contributed by atoms with Gasteiger partial charge in [0.15, 0.2) is 6.61 Å². The van der Waals surface area contributed by atoms with E-state index in [4.69, 9.17) is 4.74 Å². The van der Waals surface area contributed by atoms with E-state index in [9.17, 15) is 19.2 Å². The fourth-order valence-corrected chi connectivity index (χ4v) is 4.11. The number of imide groups is 1. The van der Waals surface area contributed by atoms with Crippen LogP contribution in [0.1, 0.15) is 71.1 Å². The van der Waals surface area contributed by atoms with Crippen LogP contribution in [0.2, 0.25) is 0 Å². The van der Waals surface area contributed by atoms with Gasteiger partial charge in [0.2, 0.25) is 0 Å². The topological polar surface area (TPSA) is 84.0 Å². The van der Waals surface area contributed by atoms with Crippen LogP contribution in [0.25, 0.3) is 0 Å². The number of nitrogens with zero attached hydrogens (tertiary/aromatic N) is 2. The number of benzene rings is 1. The molecule has 2 heterocycles. The average Bonchev–Trinajstić information content (AvgIpc) is 2.93. The molecule has 0 radical (unpaired) electrons. The Hall–Kier alpha value is -2.70. The first-order valence-corrected chi connectivity index (χ1v) is 10.3. The molecule has 3 amide bonds. The van der Waals surface area contributed by atoms with Gasteiger partial charge in [-0.2, -0.15) is 0 Å². The Morgan fingerprint density at radius 1 is 1.07 bits per heavy atom. The first-order valence-electron chi connectivity index (χ1n) is 10.3. The lowest BCUT2D eigenvalue weighted by Gasteiger charge is -2.34. The van der Waals surface area contributed by atoms with Gasteiger partial charge in [-0.25, -0.2) is 4.79 Å². The van der Waals surface area contributed by atoms with Gasteiger partial charge in [0.25, 0.3) is 17.7 Å². The van der Waals surface area contributed by atoms with Crippen molar-refractivity contribution in [2.75, 3.05) is 26.2 Å². The molecule has 2 aliphatic rings. The van der Waals surface area contributed by atoms with Crippen LogP contribution in [0.15, 0.2) is 18.2 Å². The summed E-state index contributed by atoms with van der Waals surface area (Å²) in [5.41, 5.74) is 0.677. The van der Waals surface area contributed by atoms with Gasteiger partial charge in [-0.3, -0.25) is 19.3 Å². The van der Waals surface area contributed by atoms with Gasteiger partial charge in [-0.15, -0.1) is 0 Å². The number of carbonyl (C=O) groups excluding carboxylic acids is 4. The molecular formula is C22H28N2O5. The number of piperidine rings is 1. The molecule has 1 saturated heterocycles. The SMILES string of the molecule is CCCCN1C(=O)c2ccc(C(=O)OCC(=O)N3C[C@@H](C)C[C@H](C)C3)cc2C1=O. The first kappa shape index (κ1) is 21.0. The minimum Gasteiger partial charge on any atom is -0.452 e. The van der Waals surface area contributed by atoms with Gasteiger partial charge in [-0.05, 0) is 42.9 Å². The summed E-state index contributed by atoms with van der Waals surface area (Å²) in [4.78, 5) is 52.6. The molecule has 7 nitrogen and oxygen atoms in total. The van der Waals surface area contributed by atoms with Crippen LogP contribution in [-0.4, -0.2) is 59.7 Å².